The summed E-state index contributed by atoms with van der Waals surface area (Å²) >= 11 is 0. The SMILES string of the molecule is C1=[N+](c2ccccc2)CN(c2ccccc2)c2ccccc21.Cc1cc2c(c(-c3ccccc3)c1)N(C)C[N+](c1ccccc1)=C2. The predicted molar refractivity (Wildman–Crippen MR) is 193 cm³/mol. The van der Waals surface area contributed by atoms with E-state index in [9.17, 15) is 0 Å². The van der Waals surface area contributed by atoms with Gasteiger partial charge in [0.05, 0.1) is 22.5 Å². The van der Waals surface area contributed by atoms with Crippen LogP contribution in [0.4, 0.5) is 28.4 Å². The van der Waals surface area contributed by atoms with Gasteiger partial charge >= 0.3 is 0 Å². The second-order valence-corrected chi connectivity index (χ2v) is 11.8. The Morgan fingerprint density at radius 2 is 1.04 bits per heavy atom. The fourth-order valence-corrected chi connectivity index (χ4v) is 6.34. The van der Waals surface area contributed by atoms with Crippen LogP contribution in [0.3, 0.4) is 0 Å². The van der Waals surface area contributed by atoms with Gasteiger partial charge < -0.3 is 4.90 Å². The van der Waals surface area contributed by atoms with Gasteiger partial charge in [-0.25, -0.2) is 0 Å². The highest BCUT2D eigenvalue weighted by Gasteiger charge is 2.26. The molecule has 0 spiro atoms. The maximum atomic E-state index is 2.35. The Labute approximate surface area is 272 Å². The number of para-hydroxylation sites is 4. The number of nitrogens with zero attached hydrogens (tertiary/aromatic N) is 4. The Kier molecular flexibility index (Phi) is 8.25. The van der Waals surface area contributed by atoms with Gasteiger partial charge in [0.2, 0.25) is 24.7 Å². The second kappa shape index (κ2) is 13.1. The van der Waals surface area contributed by atoms with Crippen molar-refractivity contribution in [3.8, 4) is 11.1 Å². The quantitative estimate of drug-likeness (QED) is 0.188. The summed E-state index contributed by atoms with van der Waals surface area (Å²) < 4.78 is 4.59. The van der Waals surface area contributed by atoms with Crippen LogP contribution in [0.15, 0.2) is 158 Å². The maximum absolute atomic E-state index is 2.35. The van der Waals surface area contributed by atoms with Crippen LogP contribution in [0.25, 0.3) is 11.1 Å². The number of anilines is 3. The summed E-state index contributed by atoms with van der Waals surface area (Å²) in [4.78, 5) is 4.69. The van der Waals surface area contributed by atoms with Crippen LogP contribution in [0, 0.1) is 6.92 Å². The molecule has 4 heteroatoms. The van der Waals surface area contributed by atoms with Crippen molar-refractivity contribution in [1.29, 1.82) is 0 Å². The number of benzene rings is 6. The van der Waals surface area contributed by atoms with Crippen molar-refractivity contribution in [1.82, 2.24) is 0 Å². The molecule has 0 fully saturated rings. The Hall–Kier alpha value is -5.74. The number of hydrogen-bond acceptors (Lipinski definition) is 2. The molecule has 0 N–H and O–H groups in total. The molecule has 4 nitrogen and oxygen atoms in total. The molecule has 0 amide bonds. The van der Waals surface area contributed by atoms with Crippen molar-refractivity contribution in [2.75, 3.05) is 30.2 Å². The molecule has 0 saturated heterocycles. The summed E-state index contributed by atoms with van der Waals surface area (Å²) in [6.07, 6.45) is 4.49. The monoisotopic (exact) mass is 598 g/mol. The average Bonchev–Trinajstić information content (AvgIpc) is 3.12. The molecular formula is C42H38N4+2. The minimum atomic E-state index is 0.811. The van der Waals surface area contributed by atoms with Crippen molar-refractivity contribution in [2.24, 2.45) is 0 Å². The zero-order valence-corrected chi connectivity index (χ0v) is 26.4. The van der Waals surface area contributed by atoms with Crippen LogP contribution in [-0.4, -0.2) is 42.0 Å². The number of fused-ring (bicyclic) bond motifs is 2. The van der Waals surface area contributed by atoms with Crippen LogP contribution in [0.5, 0.6) is 0 Å². The first-order valence-electron chi connectivity index (χ1n) is 15.8. The Morgan fingerprint density at radius 3 is 1.70 bits per heavy atom. The molecule has 6 aromatic rings. The zero-order valence-electron chi connectivity index (χ0n) is 26.4. The summed E-state index contributed by atoms with van der Waals surface area (Å²) in [5, 5.41) is 0. The first-order valence-corrected chi connectivity index (χ1v) is 15.8. The highest BCUT2D eigenvalue weighted by atomic mass is 15.3. The lowest BCUT2D eigenvalue weighted by Gasteiger charge is -2.27. The fourth-order valence-electron chi connectivity index (χ4n) is 6.34. The molecule has 0 aromatic heterocycles. The third-order valence-corrected chi connectivity index (χ3v) is 8.47. The van der Waals surface area contributed by atoms with E-state index in [2.05, 4.69) is 203 Å². The van der Waals surface area contributed by atoms with Crippen molar-refractivity contribution >= 4 is 40.9 Å². The van der Waals surface area contributed by atoms with E-state index in [1.54, 1.807) is 0 Å². The predicted octanol–water partition coefficient (Wildman–Crippen LogP) is 9.39. The van der Waals surface area contributed by atoms with Gasteiger partial charge in [0.1, 0.15) is 0 Å². The van der Waals surface area contributed by atoms with Crippen molar-refractivity contribution in [2.45, 2.75) is 6.92 Å². The lowest BCUT2D eigenvalue weighted by Crippen LogP contribution is -2.32. The molecule has 2 heterocycles. The smallest absolute Gasteiger partial charge is 0.228 e. The van der Waals surface area contributed by atoms with E-state index in [0.717, 1.165) is 13.3 Å². The lowest BCUT2D eigenvalue weighted by atomic mass is 9.96. The minimum absolute atomic E-state index is 0.811. The fraction of sp³-hybridized carbons (Fsp3) is 0.0952. The van der Waals surface area contributed by atoms with Gasteiger partial charge in [-0.05, 0) is 54.4 Å². The molecule has 8 rings (SSSR count). The van der Waals surface area contributed by atoms with Gasteiger partial charge in [-0.3, -0.25) is 4.90 Å². The number of hydrogen-bond donors (Lipinski definition) is 0. The molecule has 46 heavy (non-hydrogen) atoms. The maximum Gasteiger partial charge on any atom is 0.228 e. The second-order valence-electron chi connectivity index (χ2n) is 11.8. The summed E-state index contributed by atoms with van der Waals surface area (Å²) in [5.74, 6) is 0. The molecule has 0 radical (unpaired) electrons. The molecule has 0 saturated carbocycles. The average molecular weight is 599 g/mol. The van der Waals surface area contributed by atoms with Gasteiger partial charge in [0.25, 0.3) is 0 Å². The summed E-state index contributed by atoms with van der Waals surface area (Å²) in [7, 11) is 2.17. The van der Waals surface area contributed by atoms with Gasteiger partial charge in [-0.2, -0.15) is 9.15 Å². The van der Waals surface area contributed by atoms with E-state index in [1.807, 2.05) is 0 Å². The summed E-state index contributed by atoms with van der Waals surface area (Å²) in [5.41, 5.74) is 12.6. The summed E-state index contributed by atoms with van der Waals surface area (Å²) in [6.45, 7) is 3.83. The molecule has 224 valence electrons. The molecule has 0 atom stereocenters. The van der Waals surface area contributed by atoms with Crippen LogP contribution >= 0.6 is 0 Å². The molecule has 0 aliphatic carbocycles. The summed E-state index contributed by atoms with van der Waals surface area (Å²) in [6, 6.07) is 55.3. The topological polar surface area (TPSA) is 12.5 Å². The minimum Gasteiger partial charge on any atom is -0.318 e. The van der Waals surface area contributed by atoms with Gasteiger partial charge in [-0.15, -0.1) is 0 Å². The Morgan fingerprint density at radius 1 is 0.522 bits per heavy atom. The molecule has 6 aromatic carbocycles. The Bertz CT molecular complexity index is 2000. The standard InChI is InChI=1S/C22H21N2.C20H17N2/c1-17-13-19-15-24(20-11-7-4-8-12-20)16-23(2)22(19)21(14-17)18-9-5-3-6-10-18;1-3-10-18(11-4-1)21-15-17-9-7-8-14-20(17)22(16-21)19-12-5-2-6-13-19/h3-15H,16H2,1-2H3;1-15H,16H2/q2*+1. The highest BCUT2D eigenvalue weighted by molar-refractivity contribution is 5.95. The largest absolute Gasteiger partial charge is 0.318 e. The third-order valence-electron chi connectivity index (χ3n) is 8.47. The third kappa shape index (κ3) is 6.11. The van der Waals surface area contributed by atoms with E-state index in [1.165, 1.54) is 56.3 Å². The highest BCUT2D eigenvalue weighted by Crippen LogP contribution is 2.36. The number of rotatable bonds is 4. The normalized spacial score (nSPS) is 13.4. The van der Waals surface area contributed by atoms with Crippen LogP contribution in [0.2, 0.25) is 0 Å². The van der Waals surface area contributed by atoms with Crippen molar-refractivity contribution in [3.63, 3.8) is 0 Å². The van der Waals surface area contributed by atoms with E-state index in [4.69, 9.17) is 0 Å². The van der Waals surface area contributed by atoms with E-state index in [-0.39, 0.29) is 0 Å². The van der Waals surface area contributed by atoms with Crippen LogP contribution in [0.1, 0.15) is 16.7 Å². The van der Waals surface area contributed by atoms with Gasteiger partial charge in [-0.1, -0.05) is 97.1 Å². The molecular weight excluding hydrogens is 560 g/mol. The molecule has 2 aliphatic rings. The molecule has 0 bridgehead atoms. The van der Waals surface area contributed by atoms with Crippen molar-refractivity contribution < 1.29 is 9.15 Å². The van der Waals surface area contributed by atoms with E-state index >= 15 is 0 Å². The lowest BCUT2D eigenvalue weighted by molar-refractivity contribution is -0.435. The van der Waals surface area contributed by atoms with Gasteiger partial charge in [0, 0.05) is 42.6 Å². The van der Waals surface area contributed by atoms with Crippen molar-refractivity contribution in [3.05, 3.63) is 174 Å². The first kappa shape index (κ1) is 29.0. The zero-order chi connectivity index (χ0) is 31.3. The Balaban J connectivity index is 0.000000147. The first-order chi connectivity index (χ1) is 22.6. The van der Waals surface area contributed by atoms with E-state index in [0.29, 0.717) is 0 Å². The molecule has 0 unspecified atom stereocenters. The van der Waals surface area contributed by atoms with Crippen LogP contribution in [-0.2, 0) is 0 Å². The van der Waals surface area contributed by atoms with Gasteiger partial charge in [0.15, 0.2) is 12.4 Å². The van der Waals surface area contributed by atoms with E-state index < -0.39 is 0 Å². The van der Waals surface area contributed by atoms with Crippen LogP contribution < -0.4 is 9.80 Å². The molecule has 2 aliphatic heterocycles. The number of aryl methyl sites for hydroxylation is 1.